The summed E-state index contributed by atoms with van der Waals surface area (Å²) in [6.07, 6.45) is 6.54. The van der Waals surface area contributed by atoms with Gasteiger partial charge in [-0.25, -0.2) is 19.9 Å². The van der Waals surface area contributed by atoms with Crippen molar-refractivity contribution in [3.05, 3.63) is 48.2 Å². The molecule has 0 aromatic carbocycles. The minimum absolute atomic E-state index is 0.325. The van der Waals surface area contributed by atoms with Crippen LogP contribution in [0.1, 0.15) is 0 Å². The number of nitrogens with zero attached hydrogens (tertiary/aromatic N) is 4. The second-order valence-electron chi connectivity index (χ2n) is 4.34. The maximum absolute atomic E-state index is 5.90. The van der Waals surface area contributed by atoms with Gasteiger partial charge < -0.3 is 9.40 Å². The summed E-state index contributed by atoms with van der Waals surface area (Å²) in [6, 6.07) is 5.45. The molecule has 0 unspecified atom stereocenters. The van der Waals surface area contributed by atoms with E-state index in [1.165, 1.54) is 6.20 Å². The van der Waals surface area contributed by atoms with Crippen LogP contribution in [-0.2, 0) is 0 Å². The van der Waals surface area contributed by atoms with Crippen molar-refractivity contribution in [1.29, 1.82) is 0 Å². The Kier molecular flexibility index (Phi) is 2.68. The lowest BCUT2D eigenvalue weighted by molar-refractivity contribution is 0.580. The van der Waals surface area contributed by atoms with Gasteiger partial charge in [-0.1, -0.05) is 11.6 Å². The molecule has 0 saturated carbocycles. The highest BCUT2D eigenvalue weighted by atomic mass is 35.5. The summed E-state index contributed by atoms with van der Waals surface area (Å²) in [4.78, 5) is 20.3. The fourth-order valence-corrected chi connectivity index (χ4v) is 2.22. The quantitative estimate of drug-likeness (QED) is 0.614. The number of rotatable bonds is 2. The second kappa shape index (κ2) is 4.68. The van der Waals surface area contributed by atoms with Crippen molar-refractivity contribution >= 4 is 22.8 Å². The van der Waals surface area contributed by atoms with Gasteiger partial charge in [-0.15, -0.1) is 0 Å². The maximum atomic E-state index is 5.90. The summed E-state index contributed by atoms with van der Waals surface area (Å²) in [5, 5.41) is 0.325. The maximum Gasteiger partial charge on any atom is 0.163 e. The van der Waals surface area contributed by atoms with Gasteiger partial charge in [0.15, 0.2) is 17.2 Å². The van der Waals surface area contributed by atoms with Crippen molar-refractivity contribution in [2.75, 3.05) is 0 Å². The van der Waals surface area contributed by atoms with E-state index in [0.717, 1.165) is 5.56 Å². The molecule has 0 fully saturated rings. The number of aromatic amines is 1. The number of hydrogen-bond acceptors (Lipinski definition) is 5. The predicted molar refractivity (Wildman–Crippen MR) is 77.6 cm³/mol. The molecule has 0 amide bonds. The average molecular weight is 298 g/mol. The van der Waals surface area contributed by atoms with Crippen molar-refractivity contribution in [3.8, 4) is 22.8 Å². The summed E-state index contributed by atoms with van der Waals surface area (Å²) >= 11 is 5.90. The van der Waals surface area contributed by atoms with Crippen LogP contribution in [0.3, 0.4) is 0 Å². The number of nitrogens with one attached hydrogen (secondary N) is 1. The Hall–Kier alpha value is -2.73. The van der Waals surface area contributed by atoms with E-state index in [2.05, 4.69) is 24.9 Å². The lowest BCUT2D eigenvalue weighted by atomic mass is 10.2. The molecule has 6 nitrogen and oxygen atoms in total. The Bertz CT molecular complexity index is 916. The molecule has 4 rings (SSSR count). The third-order valence-corrected chi connectivity index (χ3v) is 3.20. The predicted octanol–water partition coefficient (Wildman–Crippen LogP) is 3.33. The van der Waals surface area contributed by atoms with Gasteiger partial charge in [0.2, 0.25) is 0 Å². The van der Waals surface area contributed by atoms with E-state index in [1.807, 2.05) is 12.1 Å². The lowest BCUT2D eigenvalue weighted by Gasteiger charge is -2.00. The van der Waals surface area contributed by atoms with E-state index < -0.39 is 0 Å². The van der Waals surface area contributed by atoms with E-state index in [4.69, 9.17) is 16.0 Å². The normalized spacial score (nSPS) is 11.1. The summed E-state index contributed by atoms with van der Waals surface area (Å²) < 4.78 is 5.35. The molecule has 1 N–H and O–H groups in total. The Morgan fingerprint density at radius 2 is 2.10 bits per heavy atom. The van der Waals surface area contributed by atoms with Gasteiger partial charge in [0.05, 0.1) is 18.0 Å². The van der Waals surface area contributed by atoms with Gasteiger partial charge in [0.25, 0.3) is 0 Å². The molecule has 0 saturated heterocycles. The van der Waals surface area contributed by atoms with Crippen LogP contribution in [0.2, 0.25) is 5.15 Å². The van der Waals surface area contributed by atoms with Crippen LogP contribution >= 0.6 is 11.6 Å². The SMILES string of the molecule is Clc1cnc2[nH]cc(-c3nccc(-c4ccco4)n3)c2n1. The van der Waals surface area contributed by atoms with Gasteiger partial charge in [-0.2, -0.15) is 0 Å². The largest absolute Gasteiger partial charge is 0.463 e. The van der Waals surface area contributed by atoms with E-state index >= 15 is 0 Å². The molecule has 102 valence electrons. The summed E-state index contributed by atoms with van der Waals surface area (Å²) in [5.41, 5.74) is 2.73. The molecular formula is C14H8ClN5O. The zero-order valence-corrected chi connectivity index (χ0v) is 11.4. The summed E-state index contributed by atoms with van der Waals surface area (Å²) in [6.45, 7) is 0. The molecule has 0 aliphatic rings. The van der Waals surface area contributed by atoms with Crippen molar-refractivity contribution < 1.29 is 4.42 Å². The molecular weight excluding hydrogens is 290 g/mol. The molecule has 0 radical (unpaired) electrons. The van der Waals surface area contributed by atoms with Gasteiger partial charge in [-0.3, -0.25) is 0 Å². The number of aromatic nitrogens is 5. The highest BCUT2D eigenvalue weighted by Gasteiger charge is 2.13. The first kappa shape index (κ1) is 12.0. The first-order valence-corrected chi connectivity index (χ1v) is 6.56. The number of H-pyrrole nitrogens is 1. The molecule has 21 heavy (non-hydrogen) atoms. The zero-order valence-electron chi connectivity index (χ0n) is 10.6. The van der Waals surface area contributed by atoms with Gasteiger partial charge in [0.1, 0.15) is 16.4 Å². The van der Waals surface area contributed by atoms with E-state index in [0.29, 0.717) is 33.6 Å². The third-order valence-electron chi connectivity index (χ3n) is 3.02. The van der Waals surface area contributed by atoms with Crippen molar-refractivity contribution in [2.45, 2.75) is 0 Å². The molecule has 0 aliphatic carbocycles. The minimum Gasteiger partial charge on any atom is -0.463 e. The molecule has 4 heterocycles. The van der Waals surface area contributed by atoms with Crippen molar-refractivity contribution in [3.63, 3.8) is 0 Å². The lowest BCUT2D eigenvalue weighted by Crippen LogP contribution is -1.91. The van der Waals surface area contributed by atoms with Crippen LogP contribution in [0.25, 0.3) is 34.0 Å². The van der Waals surface area contributed by atoms with Crippen molar-refractivity contribution in [2.24, 2.45) is 0 Å². The Labute approximate surface area is 123 Å². The van der Waals surface area contributed by atoms with Crippen molar-refractivity contribution in [1.82, 2.24) is 24.9 Å². The number of fused-ring (bicyclic) bond motifs is 1. The summed E-state index contributed by atoms with van der Waals surface area (Å²) in [7, 11) is 0. The Morgan fingerprint density at radius 1 is 1.14 bits per heavy atom. The zero-order chi connectivity index (χ0) is 14.2. The fourth-order valence-electron chi connectivity index (χ4n) is 2.09. The molecule has 0 spiro atoms. The van der Waals surface area contributed by atoms with Crippen LogP contribution in [0.15, 0.2) is 47.5 Å². The van der Waals surface area contributed by atoms with Crippen LogP contribution in [0, 0.1) is 0 Å². The minimum atomic E-state index is 0.325. The molecule has 0 aliphatic heterocycles. The molecule has 4 aromatic rings. The Morgan fingerprint density at radius 3 is 2.95 bits per heavy atom. The van der Waals surface area contributed by atoms with Crippen LogP contribution in [0.4, 0.5) is 0 Å². The standard InChI is InChI=1S/C14H8ClN5O/c15-11-7-18-14-12(20-11)8(6-17-14)13-16-4-3-9(19-13)10-2-1-5-21-10/h1-7H,(H,17,18). The number of halogens is 1. The van der Waals surface area contributed by atoms with Gasteiger partial charge >= 0.3 is 0 Å². The first-order valence-electron chi connectivity index (χ1n) is 6.18. The van der Waals surface area contributed by atoms with Gasteiger partial charge in [-0.05, 0) is 18.2 Å². The first-order chi connectivity index (χ1) is 10.3. The second-order valence-corrected chi connectivity index (χ2v) is 4.72. The van der Waals surface area contributed by atoms with Crippen LogP contribution in [-0.4, -0.2) is 24.9 Å². The van der Waals surface area contributed by atoms with Crippen LogP contribution in [0.5, 0.6) is 0 Å². The molecule has 0 bridgehead atoms. The monoisotopic (exact) mass is 297 g/mol. The highest BCUT2D eigenvalue weighted by Crippen LogP contribution is 2.26. The number of hydrogen-bond donors (Lipinski definition) is 1. The van der Waals surface area contributed by atoms with E-state index in [1.54, 1.807) is 24.7 Å². The van der Waals surface area contributed by atoms with E-state index in [-0.39, 0.29) is 0 Å². The third kappa shape index (κ3) is 2.05. The Balaban J connectivity index is 1.89. The van der Waals surface area contributed by atoms with Gasteiger partial charge in [0, 0.05) is 12.4 Å². The smallest absolute Gasteiger partial charge is 0.163 e. The molecule has 7 heteroatoms. The average Bonchev–Trinajstić information content (AvgIpc) is 3.16. The topological polar surface area (TPSA) is 80.5 Å². The van der Waals surface area contributed by atoms with E-state index in [9.17, 15) is 0 Å². The van der Waals surface area contributed by atoms with Crippen LogP contribution < -0.4 is 0 Å². The highest BCUT2D eigenvalue weighted by molar-refractivity contribution is 6.29. The molecule has 0 atom stereocenters. The summed E-state index contributed by atoms with van der Waals surface area (Å²) in [5.74, 6) is 1.22. The molecule has 4 aromatic heterocycles. The fraction of sp³-hybridized carbons (Fsp3) is 0. The number of furan rings is 1.